The van der Waals surface area contributed by atoms with Crippen LogP contribution in [0, 0.1) is 12.7 Å². The number of fused-ring (bicyclic) bond motifs is 1. The largest absolute Gasteiger partial charge is 0.416 e. The maximum Gasteiger partial charge on any atom is 0.416 e. The highest BCUT2D eigenvalue weighted by Gasteiger charge is 2.33. The second-order valence-corrected chi connectivity index (χ2v) is 10.5. The first-order chi connectivity index (χ1) is 18.5. The minimum atomic E-state index is -4.69. The molecular weight excluding hydrogens is 514 g/mol. The number of nitrogens with zero attached hydrogens (tertiary/aromatic N) is 5. The zero-order chi connectivity index (χ0) is 27.6. The summed E-state index contributed by atoms with van der Waals surface area (Å²) in [6.07, 6.45) is 0.836. The molecule has 1 saturated heterocycles. The summed E-state index contributed by atoms with van der Waals surface area (Å²) in [6.45, 7) is 4.55. The van der Waals surface area contributed by atoms with Crippen molar-refractivity contribution in [2.24, 2.45) is 7.05 Å². The van der Waals surface area contributed by atoms with Crippen LogP contribution in [0.25, 0.3) is 22.0 Å². The lowest BCUT2D eigenvalue weighted by molar-refractivity contribution is -0.137. The molecule has 2 fully saturated rings. The lowest BCUT2D eigenvalue weighted by Crippen LogP contribution is -2.43. The van der Waals surface area contributed by atoms with Gasteiger partial charge in [-0.2, -0.15) is 18.3 Å². The minimum Gasteiger partial charge on any atom is -0.367 e. The van der Waals surface area contributed by atoms with Crippen LogP contribution in [-0.2, 0) is 18.0 Å². The van der Waals surface area contributed by atoms with Crippen LogP contribution in [0.3, 0.4) is 0 Å². The van der Waals surface area contributed by atoms with Crippen LogP contribution in [-0.4, -0.2) is 38.5 Å². The van der Waals surface area contributed by atoms with Gasteiger partial charge >= 0.3 is 6.18 Å². The second kappa shape index (κ2) is 9.18. The van der Waals surface area contributed by atoms with Crippen LogP contribution in [0.15, 0.2) is 47.5 Å². The molecule has 0 bridgehead atoms. The Balaban J connectivity index is 1.47. The monoisotopic (exact) mass is 541 g/mol. The van der Waals surface area contributed by atoms with Crippen molar-refractivity contribution in [2.75, 3.05) is 18.0 Å². The van der Waals surface area contributed by atoms with Gasteiger partial charge in [-0.05, 0) is 57.0 Å². The summed E-state index contributed by atoms with van der Waals surface area (Å²) in [5.74, 6) is -0.637. The van der Waals surface area contributed by atoms with Crippen LogP contribution in [0.4, 0.5) is 23.4 Å². The Kier molecular flexibility index (Phi) is 6.01. The van der Waals surface area contributed by atoms with E-state index in [1.54, 1.807) is 32.3 Å². The first-order valence-electron chi connectivity index (χ1n) is 12.8. The average Bonchev–Trinajstić information content (AvgIpc) is 3.62. The highest BCUT2D eigenvalue weighted by Crippen LogP contribution is 2.38. The molecule has 6 rings (SSSR count). The average molecular weight is 542 g/mol. The first kappa shape index (κ1) is 25.5. The van der Waals surface area contributed by atoms with Crippen molar-refractivity contribution in [3.63, 3.8) is 0 Å². The molecule has 0 spiro atoms. The van der Waals surface area contributed by atoms with Crippen molar-refractivity contribution in [1.82, 2.24) is 19.3 Å². The number of aryl methyl sites for hydroxylation is 1. The third kappa shape index (κ3) is 4.69. The topological polar surface area (TPSA) is 65.2 Å². The number of anilines is 1. The molecule has 4 aromatic rings. The number of aromatic nitrogens is 4. The molecule has 0 unspecified atom stereocenters. The van der Waals surface area contributed by atoms with Gasteiger partial charge in [0.15, 0.2) is 0 Å². The Labute approximate surface area is 221 Å². The third-order valence-corrected chi connectivity index (χ3v) is 7.51. The second-order valence-electron chi connectivity index (χ2n) is 10.5. The summed E-state index contributed by atoms with van der Waals surface area (Å²) in [7, 11) is 1.64. The summed E-state index contributed by atoms with van der Waals surface area (Å²) >= 11 is 0. The summed E-state index contributed by atoms with van der Waals surface area (Å²) in [5.41, 5.74) is 0.166. The maximum absolute atomic E-state index is 15.2. The normalized spacial score (nSPS) is 20.1. The van der Waals surface area contributed by atoms with E-state index in [9.17, 15) is 18.0 Å². The molecule has 1 saturated carbocycles. The SMILES string of the molecule is Cc1cc2c(-c3ccc(C(F)(F)F)cc3F)nc(N3C[C@H](C)O[C@@H](c4cnn(C5CC5)c4)C3)cc2c(=O)n1C. The maximum atomic E-state index is 15.2. The molecule has 7 nitrogen and oxygen atoms in total. The van der Waals surface area contributed by atoms with Crippen molar-refractivity contribution >= 4 is 16.6 Å². The Morgan fingerprint density at radius 1 is 1.08 bits per heavy atom. The quantitative estimate of drug-likeness (QED) is 0.317. The van der Waals surface area contributed by atoms with Gasteiger partial charge in [-0.1, -0.05) is 0 Å². The van der Waals surface area contributed by atoms with Crippen molar-refractivity contribution in [1.29, 1.82) is 0 Å². The van der Waals surface area contributed by atoms with E-state index < -0.39 is 17.6 Å². The zero-order valence-electron chi connectivity index (χ0n) is 21.7. The number of alkyl halides is 3. The van der Waals surface area contributed by atoms with Gasteiger partial charge in [-0.3, -0.25) is 9.48 Å². The highest BCUT2D eigenvalue weighted by molar-refractivity contribution is 5.96. The Bertz CT molecular complexity index is 1640. The smallest absolute Gasteiger partial charge is 0.367 e. The molecule has 0 amide bonds. The van der Waals surface area contributed by atoms with Crippen LogP contribution in [0.1, 0.15) is 48.7 Å². The van der Waals surface area contributed by atoms with E-state index in [0.717, 1.165) is 30.5 Å². The predicted octanol–water partition coefficient (Wildman–Crippen LogP) is 5.56. The summed E-state index contributed by atoms with van der Waals surface area (Å²) in [6, 6.07) is 6.18. The van der Waals surface area contributed by atoms with E-state index in [-0.39, 0.29) is 29.0 Å². The van der Waals surface area contributed by atoms with Gasteiger partial charge in [0.2, 0.25) is 0 Å². The molecule has 4 heterocycles. The van der Waals surface area contributed by atoms with Crippen LogP contribution in [0.2, 0.25) is 0 Å². The molecule has 11 heteroatoms. The van der Waals surface area contributed by atoms with Gasteiger partial charge < -0.3 is 14.2 Å². The molecule has 1 aliphatic carbocycles. The lowest BCUT2D eigenvalue weighted by atomic mass is 10.0. The molecule has 0 N–H and O–H groups in total. The molecule has 2 aliphatic rings. The fourth-order valence-corrected chi connectivity index (χ4v) is 5.14. The van der Waals surface area contributed by atoms with Gasteiger partial charge in [0.25, 0.3) is 5.56 Å². The Hall–Kier alpha value is -3.73. The summed E-state index contributed by atoms with van der Waals surface area (Å²) in [5, 5.41) is 5.15. The highest BCUT2D eigenvalue weighted by atomic mass is 19.4. The van der Waals surface area contributed by atoms with Crippen molar-refractivity contribution in [3.8, 4) is 11.3 Å². The Morgan fingerprint density at radius 3 is 2.54 bits per heavy atom. The fraction of sp³-hybridized carbons (Fsp3) is 0.393. The molecule has 39 heavy (non-hydrogen) atoms. The number of halogens is 4. The lowest BCUT2D eigenvalue weighted by Gasteiger charge is -2.37. The molecule has 0 radical (unpaired) electrons. The molecule has 3 aromatic heterocycles. The van der Waals surface area contributed by atoms with E-state index in [1.165, 1.54) is 4.57 Å². The van der Waals surface area contributed by atoms with E-state index in [2.05, 4.69) is 5.10 Å². The summed E-state index contributed by atoms with van der Waals surface area (Å²) in [4.78, 5) is 20.0. The minimum absolute atomic E-state index is 0.105. The number of pyridine rings is 2. The molecule has 2 atom stereocenters. The van der Waals surface area contributed by atoms with Gasteiger partial charge in [0, 0.05) is 42.0 Å². The van der Waals surface area contributed by atoms with E-state index in [1.807, 2.05) is 22.7 Å². The number of morpholine rings is 1. The van der Waals surface area contributed by atoms with Crippen LogP contribution in [0.5, 0.6) is 0 Å². The van der Waals surface area contributed by atoms with Crippen molar-refractivity contribution in [2.45, 2.75) is 51.1 Å². The van der Waals surface area contributed by atoms with E-state index >= 15 is 4.39 Å². The van der Waals surface area contributed by atoms with Crippen molar-refractivity contribution < 1.29 is 22.3 Å². The standard InChI is InChI=1S/C28H27F4N5O2/c1-15-8-21-22(27(38)35(15)3)10-25(34-26(21)20-7-4-18(9-23(20)29)28(30,31)32)36-12-16(2)39-24(14-36)17-11-33-37(13-17)19-5-6-19/h4,7-11,13,16,19,24H,5-6,12,14H2,1-3H3/t16-,24+/m0/s1. The molecule has 1 aromatic carbocycles. The fourth-order valence-electron chi connectivity index (χ4n) is 5.14. The van der Waals surface area contributed by atoms with E-state index in [4.69, 9.17) is 9.72 Å². The molecule has 204 valence electrons. The van der Waals surface area contributed by atoms with Gasteiger partial charge in [-0.15, -0.1) is 0 Å². The number of benzene rings is 1. The molecule has 1 aliphatic heterocycles. The van der Waals surface area contributed by atoms with Crippen LogP contribution >= 0.6 is 0 Å². The number of hydrogen-bond acceptors (Lipinski definition) is 5. The van der Waals surface area contributed by atoms with Gasteiger partial charge in [0.05, 0.1) is 41.5 Å². The molecular formula is C28H27F4N5O2. The van der Waals surface area contributed by atoms with Crippen LogP contribution < -0.4 is 10.5 Å². The van der Waals surface area contributed by atoms with Crippen molar-refractivity contribution in [3.05, 3.63) is 75.7 Å². The first-order valence-corrected chi connectivity index (χ1v) is 12.8. The summed E-state index contributed by atoms with van der Waals surface area (Å²) < 4.78 is 64.5. The zero-order valence-corrected chi connectivity index (χ0v) is 21.7. The number of ether oxygens (including phenoxy) is 1. The number of hydrogen-bond donors (Lipinski definition) is 0. The van der Waals surface area contributed by atoms with E-state index in [0.29, 0.717) is 47.5 Å². The Morgan fingerprint density at radius 2 is 1.85 bits per heavy atom. The third-order valence-electron chi connectivity index (χ3n) is 7.51. The number of rotatable bonds is 4. The predicted molar refractivity (Wildman–Crippen MR) is 138 cm³/mol. The van der Waals surface area contributed by atoms with Gasteiger partial charge in [0.1, 0.15) is 17.7 Å². The van der Waals surface area contributed by atoms with Gasteiger partial charge in [-0.25, -0.2) is 9.37 Å².